The molecule has 0 aliphatic heterocycles. The molecule has 116 valence electrons. The van der Waals surface area contributed by atoms with Crippen molar-refractivity contribution in [2.24, 2.45) is 0 Å². The number of hydrogen-bond acceptors (Lipinski definition) is 3. The van der Waals surface area contributed by atoms with Gasteiger partial charge in [0.15, 0.2) is 0 Å². The maximum Gasteiger partial charge on any atom is 0.354 e. The molecule has 0 aliphatic rings. The van der Waals surface area contributed by atoms with Gasteiger partial charge in [-0.05, 0) is 19.4 Å². The number of carboxylic acid groups (broad SMARTS) is 1. The summed E-state index contributed by atoms with van der Waals surface area (Å²) < 4.78 is 0. The van der Waals surface area contributed by atoms with Crippen LogP contribution < -0.4 is 16.0 Å². The number of H-pyrrole nitrogens is 1. The van der Waals surface area contributed by atoms with Crippen LogP contribution in [0.15, 0.2) is 6.07 Å². The standard InChI is InChI=1S/C13H20N4O4/c1-3-5-14-10(18)4-6-15-13(21)17-9-7-8(2)16-11(9)12(19)20/h7,16H,3-6H2,1-2H3,(H,14,18)(H,19,20)(H2,15,17,21). The average Bonchev–Trinajstić information content (AvgIpc) is 2.77. The van der Waals surface area contributed by atoms with Crippen molar-refractivity contribution in [1.29, 1.82) is 0 Å². The van der Waals surface area contributed by atoms with E-state index in [9.17, 15) is 14.4 Å². The molecule has 1 heterocycles. The number of aryl methyl sites for hydroxylation is 1. The van der Waals surface area contributed by atoms with Crippen LogP contribution in [-0.2, 0) is 4.79 Å². The molecule has 0 spiro atoms. The molecule has 5 N–H and O–H groups in total. The van der Waals surface area contributed by atoms with Gasteiger partial charge in [0.1, 0.15) is 5.69 Å². The number of aromatic carboxylic acids is 1. The number of aromatic amines is 1. The second-order valence-corrected chi connectivity index (χ2v) is 4.53. The number of hydrogen-bond donors (Lipinski definition) is 5. The Morgan fingerprint density at radius 2 is 1.95 bits per heavy atom. The van der Waals surface area contributed by atoms with Crippen LogP contribution in [0.3, 0.4) is 0 Å². The van der Waals surface area contributed by atoms with Crippen molar-refractivity contribution < 1.29 is 19.5 Å². The molecule has 21 heavy (non-hydrogen) atoms. The topological polar surface area (TPSA) is 123 Å². The van der Waals surface area contributed by atoms with Gasteiger partial charge in [0.2, 0.25) is 5.91 Å². The molecular formula is C13H20N4O4. The minimum Gasteiger partial charge on any atom is -0.477 e. The number of nitrogens with one attached hydrogen (secondary N) is 4. The van der Waals surface area contributed by atoms with Gasteiger partial charge < -0.3 is 26.0 Å². The highest BCUT2D eigenvalue weighted by Gasteiger charge is 2.15. The Hall–Kier alpha value is -2.51. The van der Waals surface area contributed by atoms with Crippen LogP contribution >= 0.6 is 0 Å². The highest BCUT2D eigenvalue weighted by molar-refractivity contribution is 5.99. The van der Waals surface area contributed by atoms with E-state index in [0.717, 1.165) is 6.42 Å². The van der Waals surface area contributed by atoms with Crippen LogP contribution in [0.25, 0.3) is 0 Å². The monoisotopic (exact) mass is 296 g/mol. The van der Waals surface area contributed by atoms with Gasteiger partial charge in [-0.25, -0.2) is 9.59 Å². The van der Waals surface area contributed by atoms with Gasteiger partial charge in [-0.2, -0.15) is 0 Å². The third-order valence-corrected chi connectivity index (χ3v) is 2.62. The maximum atomic E-state index is 11.6. The maximum absolute atomic E-state index is 11.6. The molecule has 0 atom stereocenters. The number of urea groups is 1. The van der Waals surface area contributed by atoms with Crippen LogP contribution in [0.1, 0.15) is 35.9 Å². The number of carbonyl (C=O) groups excluding carboxylic acids is 2. The number of carbonyl (C=O) groups is 3. The van der Waals surface area contributed by atoms with E-state index in [2.05, 4.69) is 20.9 Å². The second-order valence-electron chi connectivity index (χ2n) is 4.53. The third-order valence-electron chi connectivity index (χ3n) is 2.62. The number of carboxylic acids is 1. The lowest BCUT2D eigenvalue weighted by atomic mass is 10.3. The summed E-state index contributed by atoms with van der Waals surface area (Å²) in [7, 11) is 0. The lowest BCUT2D eigenvalue weighted by molar-refractivity contribution is -0.120. The fourth-order valence-corrected chi connectivity index (χ4v) is 1.67. The van der Waals surface area contributed by atoms with E-state index in [-0.39, 0.29) is 30.3 Å². The van der Waals surface area contributed by atoms with Crippen molar-refractivity contribution in [2.45, 2.75) is 26.7 Å². The molecule has 1 aromatic heterocycles. The number of anilines is 1. The predicted octanol–water partition coefficient (Wildman–Crippen LogP) is 1.06. The van der Waals surface area contributed by atoms with Crippen molar-refractivity contribution in [3.05, 3.63) is 17.5 Å². The van der Waals surface area contributed by atoms with Crippen LogP contribution in [0.5, 0.6) is 0 Å². The first-order chi connectivity index (χ1) is 9.93. The Morgan fingerprint density at radius 3 is 2.57 bits per heavy atom. The fraction of sp³-hybridized carbons (Fsp3) is 0.462. The summed E-state index contributed by atoms with van der Waals surface area (Å²) in [5.74, 6) is -1.29. The van der Waals surface area contributed by atoms with E-state index < -0.39 is 12.0 Å². The van der Waals surface area contributed by atoms with Gasteiger partial charge in [0, 0.05) is 25.2 Å². The highest BCUT2D eigenvalue weighted by atomic mass is 16.4. The Kier molecular flexibility index (Phi) is 6.25. The molecule has 0 saturated carbocycles. The summed E-state index contributed by atoms with van der Waals surface area (Å²) >= 11 is 0. The van der Waals surface area contributed by atoms with Crippen molar-refractivity contribution in [2.75, 3.05) is 18.4 Å². The average molecular weight is 296 g/mol. The van der Waals surface area contributed by atoms with Gasteiger partial charge in [0.05, 0.1) is 5.69 Å². The summed E-state index contributed by atoms with van der Waals surface area (Å²) in [6, 6.07) is 0.969. The molecule has 0 radical (unpaired) electrons. The first-order valence-corrected chi connectivity index (χ1v) is 6.68. The predicted molar refractivity (Wildman–Crippen MR) is 77.4 cm³/mol. The zero-order valence-corrected chi connectivity index (χ0v) is 12.1. The Bertz CT molecular complexity index is 524. The fourth-order valence-electron chi connectivity index (χ4n) is 1.67. The summed E-state index contributed by atoms with van der Waals surface area (Å²) in [5, 5.41) is 16.6. The van der Waals surface area contributed by atoms with Crippen molar-refractivity contribution >= 4 is 23.6 Å². The summed E-state index contributed by atoms with van der Waals surface area (Å²) in [5.41, 5.74) is 0.734. The molecule has 0 aromatic carbocycles. The van der Waals surface area contributed by atoms with Crippen molar-refractivity contribution in [3.8, 4) is 0 Å². The normalized spacial score (nSPS) is 10.0. The van der Waals surface area contributed by atoms with E-state index in [1.165, 1.54) is 6.07 Å². The van der Waals surface area contributed by atoms with Crippen LogP contribution in [0.2, 0.25) is 0 Å². The molecule has 1 rings (SSSR count). The van der Waals surface area contributed by atoms with Gasteiger partial charge in [-0.3, -0.25) is 4.79 Å². The molecule has 0 aliphatic carbocycles. The third kappa shape index (κ3) is 5.55. The van der Waals surface area contributed by atoms with Crippen LogP contribution in [0.4, 0.5) is 10.5 Å². The summed E-state index contributed by atoms with van der Waals surface area (Å²) in [6.07, 6.45) is 1.02. The van der Waals surface area contributed by atoms with Gasteiger partial charge in [-0.1, -0.05) is 6.92 Å². The number of rotatable bonds is 7. The Labute approximate surface area is 122 Å². The minimum absolute atomic E-state index is 0.0802. The first-order valence-electron chi connectivity index (χ1n) is 6.68. The van der Waals surface area contributed by atoms with Crippen LogP contribution in [0, 0.1) is 6.92 Å². The summed E-state index contributed by atoms with van der Waals surface area (Å²) in [6.45, 7) is 4.42. The van der Waals surface area contributed by atoms with Crippen molar-refractivity contribution in [1.82, 2.24) is 15.6 Å². The van der Waals surface area contributed by atoms with E-state index in [1.807, 2.05) is 6.92 Å². The summed E-state index contributed by atoms with van der Waals surface area (Å²) in [4.78, 5) is 36.6. The molecule has 0 unspecified atom stereocenters. The number of amides is 3. The largest absolute Gasteiger partial charge is 0.477 e. The van der Waals surface area contributed by atoms with Gasteiger partial charge in [0.25, 0.3) is 0 Å². The highest BCUT2D eigenvalue weighted by Crippen LogP contribution is 2.16. The smallest absolute Gasteiger partial charge is 0.354 e. The second kappa shape index (κ2) is 7.93. The van der Waals surface area contributed by atoms with Crippen molar-refractivity contribution in [3.63, 3.8) is 0 Å². The molecule has 1 aromatic rings. The molecule has 0 saturated heterocycles. The lowest BCUT2D eigenvalue weighted by Gasteiger charge is -2.07. The molecular weight excluding hydrogens is 276 g/mol. The molecule has 8 nitrogen and oxygen atoms in total. The SMILES string of the molecule is CCCNC(=O)CCNC(=O)Nc1cc(C)[nH]c1C(=O)O. The van der Waals surface area contributed by atoms with E-state index in [4.69, 9.17) is 5.11 Å². The lowest BCUT2D eigenvalue weighted by Crippen LogP contribution is -2.33. The minimum atomic E-state index is -1.16. The molecule has 3 amide bonds. The quantitative estimate of drug-likeness (QED) is 0.516. The van der Waals surface area contributed by atoms with E-state index in [0.29, 0.717) is 12.2 Å². The Balaban J connectivity index is 2.41. The van der Waals surface area contributed by atoms with Gasteiger partial charge in [-0.15, -0.1) is 0 Å². The molecule has 0 bridgehead atoms. The zero-order chi connectivity index (χ0) is 15.8. The molecule has 8 heteroatoms. The molecule has 0 fully saturated rings. The first kappa shape index (κ1) is 16.5. The van der Waals surface area contributed by atoms with Crippen LogP contribution in [-0.4, -0.2) is 41.1 Å². The van der Waals surface area contributed by atoms with Gasteiger partial charge >= 0.3 is 12.0 Å². The Morgan fingerprint density at radius 1 is 1.24 bits per heavy atom. The number of aromatic nitrogens is 1. The van der Waals surface area contributed by atoms with E-state index in [1.54, 1.807) is 6.92 Å². The zero-order valence-electron chi connectivity index (χ0n) is 12.1. The van der Waals surface area contributed by atoms with E-state index >= 15 is 0 Å².